The van der Waals surface area contributed by atoms with Gasteiger partial charge in [0.2, 0.25) is 11.5 Å². The van der Waals surface area contributed by atoms with E-state index >= 15 is 0 Å². The molecular weight excluding hydrogens is 382 g/mol. The predicted molar refractivity (Wildman–Crippen MR) is 116 cm³/mol. The van der Waals surface area contributed by atoms with E-state index in [0.717, 1.165) is 27.9 Å². The molecule has 0 saturated carbocycles. The zero-order valence-electron chi connectivity index (χ0n) is 15.6. The number of nitrogen functional groups attached to an aromatic ring is 1. The summed E-state index contributed by atoms with van der Waals surface area (Å²) in [5.41, 5.74) is 11.2. The molecule has 5 rings (SSSR count). The highest BCUT2D eigenvalue weighted by Gasteiger charge is 2.22. The fourth-order valence-electron chi connectivity index (χ4n) is 3.50. The SMILES string of the molecule is Cc1cc(-c2ccccc2)nc2oc(-c3n[nH]c(=S)n3-c3ccccc3)c(N)c12. The molecule has 0 aliphatic rings. The summed E-state index contributed by atoms with van der Waals surface area (Å²) in [6, 6.07) is 21.7. The van der Waals surface area contributed by atoms with Crippen LogP contribution in [0.5, 0.6) is 0 Å². The predicted octanol–water partition coefficient (Wildman–Crippen LogP) is 5.30. The molecule has 0 spiro atoms. The van der Waals surface area contributed by atoms with Crippen molar-refractivity contribution in [3.05, 3.63) is 77.1 Å². The second-order valence-corrected chi connectivity index (χ2v) is 7.13. The number of fused-ring (bicyclic) bond motifs is 1. The summed E-state index contributed by atoms with van der Waals surface area (Å²) < 4.78 is 8.38. The molecule has 2 aromatic carbocycles. The lowest BCUT2D eigenvalue weighted by Crippen LogP contribution is -1.98. The van der Waals surface area contributed by atoms with Crippen molar-refractivity contribution in [2.45, 2.75) is 6.92 Å². The van der Waals surface area contributed by atoms with E-state index in [1.807, 2.05) is 73.7 Å². The molecule has 0 atom stereocenters. The first-order valence-electron chi connectivity index (χ1n) is 9.12. The molecule has 0 aliphatic carbocycles. The van der Waals surface area contributed by atoms with Crippen LogP contribution in [0.25, 0.3) is 39.6 Å². The molecule has 3 N–H and O–H groups in total. The van der Waals surface area contributed by atoms with Crippen molar-refractivity contribution >= 4 is 29.0 Å². The number of nitrogens with zero attached hydrogens (tertiary/aromatic N) is 3. The van der Waals surface area contributed by atoms with Crippen molar-refractivity contribution < 1.29 is 4.42 Å². The van der Waals surface area contributed by atoms with Crippen molar-refractivity contribution in [2.24, 2.45) is 0 Å². The molecule has 3 aromatic heterocycles. The third kappa shape index (κ3) is 2.83. The summed E-state index contributed by atoms with van der Waals surface area (Å²) >= 11 is 5.44. The van der Waals surface area contributed by atoms with Crippen LogP contribution in [0, 0.1) is 11.7 Å². The number of pyridine rings is 1. The van der Waals surface area contributed by atoms with Gasteiger partial charge in [0.1, 0.15) is 0 Å². The maximum Gasteiger partial charge on any atom is 0.229 e. The molecule has 6 nitrogen and oxygen atoms in total. The molecule has 3 heterocycles. The minimum Gasteiger partial charge on any atom is -0.432 e. The third-order valence-electron chi connectivity index (χ3n) is 4.86. The van der Waals surface area contributed by atoms with Crippen molar-refractivity contribution in [1.29, 1.82) is 0 Å². The van der Waals surface area contributed by atoms with Gasteiger partial charge in [-0.25, -0.2) is 4.98 Å². The number of anilines is 1. The molecule has 0 bridgehead atoms. The minimum atomic E-state index is 0.442. The van der Waals surface area contributed by atoms with Crippen molar-refractivity contribution in [3.63, 3.8) is 0 Å². The number of benzene rings is 2. The monoisotopic (exact) mass is 399 g/mol. The number of aromatic nitrogens is 4. The Bertz CT molecular complexity index is 1380. The number of aryl methyl sites for hydroxylation is 1. The lowest BCUT2D eigenvalue weighted by Gasteiger charge is -2.05. The number of hydrogen-bond donors (Lipinski definition) is 2. The lowest BCUT2D eigenvalue weighted by molar-refractivity contribution is 0.612. The highest BCUT2D eigenvalue weighted by atomic mass is 32.1. The van der Waals surface area contributed by atoms with Crippen LogP contribution in [0.15, 0.2) is 71.1 Å². The number of H-pyrrole nitrogens is 1. The normalized spacial score (nSPS) is 11.2. The summed E-state index contributed by atoms with van der Waals surface area (Å²) in [5.74, 6) is 0.953. The van der Waals surface area contributed by atoms with Gasteiger partial charge in [0.25, 0.3) is 0 Å². The Hall–Kier alpha value is -3.71. The van der Waals surface area contributed by atoms with Gasteiger partial charge in [-0.2, -0.15) is 5.10 Å². The van der Waals surface area contributed by atoms with Gasteiger partial charge in [-0.05, 0) is 42.9 Å². The van der Waals surface area contributed by atoms with Gasteiger partial charge in [-0.3, -0.25) is 9.67 Å². The van der Waals surface area contributed by atoms with E-state index in [0.29, 0.717) is 27.8 Å². The number of furan rings is 1. The highest BCUT2D eigenvalue weighted by Crippen LogP contribution is 2.38. The van der Waals surface area contributed by atoms with Crippen LogP contribution in [0.4, 0.5) is 5.69 Å². The van der Waals surface area contributed by atoms with Crippen LogP contribution in [0.3, 0.4) is 0 Å². The van der Waals surface area contributed by atoms with E-state index in [4.69, 9.17) is 27.4 Å². The Morgan fingerprint density at radius 1 is 1.03 bits per heavy atom. The second-order valence-electron chi connectivity index (χ2n) is 6.74. The quantitative estimate of drug-likeness (QED) is 0.402. The summed E-state index contributed by atoms with van der Waals surface area (Å²) in [6.45, 7) is 2.00. The molecule has 142 valence electrons. The molecule has 0 saturated heterocycles. The van der Waals surface area contributed by atoms with E-state index in [2.05, 4.69) is 10.2 Å². The van der Waals surface area contributed by atoms with E-state index in [9.17, 15) is 0 Å². The molecule has 0 unspecified atom stereocenters. The number of para-hydroxylation sites is 1. The molecule has 0 amide bonds. The Balaban J connectivity index is 1.73. The zero-order valence-corrected chi connectivity index (χ0v) is 16.4. The number of nitrogens with two attached hydrogens (primary N) is 1. The van der Waals surface area contributed by atoms with Gasteiger partial charge < -0.3 is 10.2 Å². The van der Waals surface area contributed by atoms with Crippen LogP contribution in [-0.2, 0) is 0 Å². The molecular formula is C22H17N5OS. The number of rotatable bonds is 3. The van der Waals surface area contributed by atoms with E-state index in [1.165, 1.54) is 0 Å². The zero-order chi connectivity index (χ0) is 20.0. The number of hydrogen-bond acceptors (Lipinski definition) is 5. The lowest BCUT2D eigenvalue weighted by atomic mass is 10.1. The van der Waals surface area contributed by atoms with E-state index in [-0.39, 0.29) is 0 Å². The largest absolute Gasteiger partial charge is 0.432 e. The van der Waals surface area contributed by atoms with Crippen molar-refractivity contribution in [2.75, 3.05) is 5.73 Å². The standard InChI is InChI=1S/C22H17N5OS/c1-13-12-16(14-8-4-2-5-9-14)24-21-17(13)18(23)19(28-21)20-25-26-22(29)27(20)15-10-6-3-7-11-15/h2-12H,23H2,1H3,(H,26,29). The van der Waals surface area contributed by atoms with Gasteiger partial charge >= 0.3 is 0 Å². The van der Waals surface area contributed by atoms with Crippen LogP contribution < -0.4 is 5.73 Å². The first-order valence-corrected chi connectivity index (χ1v) is 9.52. The van der Waals surface area contributed by atoms with Crippen LogP contribution >= 0.6 is 12.2 Å². The molecule has 0 aliphatic heterocycles. The first-order chi connectivity index (χ1) is 14.1. The van der Waals surface area contributed by atoms with Gasteiger partial charge in [0.15, 0.2) is 10.5 Å². The van der Waals surface area contributed by atoms with Gasteiger partial charge in [0, 0.05) is 5.56 Å². The number of nitrogens with one attached hydrogen (secondary N) is 1. The molecule has 0 fully saturated rings. The maximum atomic E-state index is 6.48. The van der Waals surface area contributed by atoms with Crippen molar-refractivity contribution in [1.82, 2.24) is 19.7 Å². The second kappa shape index (κ2) is 6.72. The summed E-state index contributed by atoms with van der Waals surface area (Å²) in [7, 11) is 0. The average Bonchev–Trinajstić information content (AvgIpc) is 3.29. The Labute approximate surface area is 171 Å². The van der Waals surface area contributed by atoms with Crippen LogP contribution in [0.2, 0.25) is 0 Å². The Morgan fingerprint density at radius 3 is 2.45 bits per heavy atom. The average molecular weight is 399 g/mol. The fourth-order valence-corrected chi connectivity index (χ4v) is 3.74. The maximum absolute atomic E-state index is 6.48. The highest BCUT2D eigenvalue weighted by molar-refractivity contribution is 7.71. The van der Waals surface area contributed by atoms with Crippen molar-refractivity contribution in [3.8, 4) is 28.5 Å². The van der Waals surface area contributed by atoms with E-state index in [1.54, 1.807) is 4.57 Å². The summed E-state index contributed by atoms with van der Waals surface area (Å²) in [4.78, 5) is 4.70. The third-order valence-corrected chi connectivity index (χ3v) is 5.13. The van der Waals surface area contributed by atoms with Gasteiger partial charge in [0.05, 0.1) is 22.5 Å². The molecule has 5 aromatic rings. The van der Waals surface area contributed by atoms with Crippen LogP contribution in [0.1, 0.15) is 5.56 Å². The number of aromatic amines is 1. The Morgan fingerprint density at radius 2 is 1.72 bits per heavy atom. The molecule has 0 radical (unpaired) electrons. The smallest absolute Gasteiger partial charge is 0.229 e. The fraction of sp³-hybridized carbons (Fsp3) is 0.0455. The molecule has 29 heavy (non-hydrogen) atoms. The van der Waals surface area contributed by atoms with Gasteiger partial charge in [-0.15, -0.1) is 0 Å². The first kappa shape index (κ1) is 17.4. The topological polar surface area (TPSA) is 85.7 Å². The Kier molecular flexibility index (Phi) is 4.03. The van der Waals surface area contributed by atoms with Gasteiger partial charge in [-0.1, -0.05) is 48.5 Å². The summed E-state index contributed by atoms with van der Waals surface area (Å²) in [6.07, 6.45) is 0. The minimum absolute atomic E-state index is 0.442. The molecule has 7 heteroatoms. The van der Waals surface area contributed by atoms with Crippen LogP contribution in [-0.4, -0.2) is 19.7 Å². The van der Waals surface area contributed by atoms with E-state index < -0.39 is 0 Å². The summed E-state index contributed by atoms with van der Waals surface area (Å²) in [5, 5.41) is 8.00.